The van der Waals surface area contributed by atoms with Crippen LogP contribution in [0.25, 0.3) is 11.1 Å². The van der Waals surface area contributed by atoms with E-state index in [1.54, 1.807) is 0 Å². The first-order valence-corrected chi connectivity index (χ1v) is 5.24. The molecule has 18 heavy (non-hydrogen) atoms. The van der Waals surface area contributed by atoms with Gasteiger partial charge in [0.1, 0.15) is 17.7 Å². The number of benzene rings is 1. The molecule has 86 valence electrons. The lowest BCUT2D eigenvalue weighted by atomic mass is 9.97. The topological polar surface area (TPSA) is 69.7 Å². The molecule has 0 unspecified atom stereocenters. The first kappa shape index (κ1) is 11.6. The first-order chi connectivity index (χ1) is 8.81. The first-order valence-electron chi connectivity index (χ1n) is 5.24. The Morgan fingerprint density at radius 2 is 1.83 bits per heavy atom. The van der Waals surface area contributed by atoms with E-state index < -0.39 is 0 Å². The van der Waals surface area contributed by atoms with E-state index in [0.717, 1.165) is 5.56 Å². The Morgan fingerprint density at radius 3 is 2.39 bits per heavy atom. The minimum absolute atomic E-state index is 0.232. The SMILES string of the molecule is COc1ncc(C#N)c(-c2ccccc2)c1C#N. The zero-order valence-corrected chi connectivity index (χ0v) is 9.71. The predicted octanol–water partition coefficient (Wildman–Crippen LogP) is 2.50. The van der Waals surface area contributed by atoms with Crippen LogP contribution in [0.2, 0.25) is 0 Å². The molecule has 0 fully saturated rings. The van der Waals surface area contributed by atoms with E-state index in [4.69, 9.17) is 10.00 Å². The van der Waals surface area contributed by atoms with Crippen LogP contribution < -0.4 is 4.74 Å². The molecule has 0 N–H and O–H groups in total. The summed E-state index contributed by atoms with van der Waals surface area (Å²) in [5.74, 6) is 0.232. The molecule has 1 heterocycles. The zero-order valence-electron chi connectivity index (χ0n) is 9.71. The van der Waals surface area contributed by atoms with E-state index in [9.17, 15) is 5.26 Å². The molecule has 0 saturated heterocycles. The molecule has 0 bridgehead atoms. The van der Waals surface area contributed by atoms with Crippen molar-refractivity contribution in [3.63, 3.8) is 0 Å². The van der Waals surface area contributed by atoms with Crippen molar-refractivity contribution in [3.05, 3.63) is 47.7 Å². The number of nitrogens with zero attached hydrogens (tertiary/aromatic N) is 3. The average Bonchev–Trinajstić information content (AvgIpc) is 2.46. The lowest BCUT2D eigenvalue weighted by Crippen LogP contribution is -1.97. The van der Waals surface area contributed by atoms with E-state index in [1.165, 1.54) is 13.3 Å². The molecule has 4 heteroatoms. The quantitative estimate of drug-likeness (QED) is 0.801. The van der Waals surface area contributed by atoms with Gasteiger partial charge in [-0.15, -0.1) is 0 Å². The average molecular weight is 235 g/mol. The summed E-state index contributed by atoms with van der Waals surface area (Å²) in [7, 11) is 1.45. The molecular formula is C14H9N3O. The van der Waals surface area contributed by atoms with Gasteiger partial charge >= 0.3 is 0 Å². The highest BCUT2D eigenvalue weighted by atomic mass is 16.5. The molecule has 0 radical (unpaired) electrons. The molecule has 0 saturated carbocycles. The summed E-state index contributed by atoms with van der Waals surface area (Å²) in [5, 5.41) is 18.4. The van der Waals surface area contributed by atoms with Gasteiger partial charge in [0.2, 0.25) is 5.88 Å². The molecular weight excluding hydrogens is 226 g/mol. The second-order valence-corrected chi connectivity index (χ2v) is 3.52. The summed E-state index contributed by atoms with van der Waals surface area (Å²) in [6, 6.07) is 13.4. The van der Waals surface area contributed by atoms with Gasteiger partial charge in [-0.1, -0.05) is 30.3 Å². The third kappa shape index (κ3) is 1.88. The molecule has 0 aliphatic heterocycles. The van der Waals surface area contributed by atoms with Crippen LogP contribution in [-0.2, 0) is 0 Å². The largest absolute Gasteiger partial charge is 0.480 e. The predicted molar refractivity (Wildman–Crippen MR) is 65.7 cm³/mol. The van der Waals surface area contributed by atoms with E-state index >= 15 is 0 Å². The van der Waals surface area contributed by atoms with Crippen LogP contribution in [0.4, 0.5) is 0 Å². The number of nitriles is 2. The van der Waals surface area contributed by atoms with Crippen LogP contribution in [-0.4, -0.2) is 12.1 Å². The molecule has 0 amide bonds. The van der Waals surface area contributed by atoms with Gasteiger partial charge in [-0.05, 0) is 5.56 Å². The third-order valence-electron chi connectivity index (χ3n) is 2.53. The number of hydrogen-bond donors (Lipinski definition) is 0. The van der Waals surface area contributed by atoms with Crippen LogP contribution in [0.5, 0.6) is 5.88 Å². The Hall–Kier alpha value is -2.85. The van der Waals surface area contributed by atoms with Crippen LogP contribution in [0.1, 0.15) is 11.1 Å². The number of hydrogen-bond acceptors (Lipinski definition) is 4. The summed E-state index contributed by atoms with van der Waals surface area (Å²) < 4.78 is 5.05. The Morgan fingerprint density at radius 1 is 1.11 bits per heavy atom. The summed E-state index contributed by atoms with van der Waals surface area (Å²) in [4.78, 5) is 3.96. The Balaban J connectivity index is 2.80. The fourth-order valence-electron chi connectivity index (χ4n) is 1.74. The Bertz CT molecular complexity index is 651. The highest BCUT2D eigenvalue weighted by Gasteiger charge is 2.16. The zero-order chi connectivity index (χ0) is 13.0. The maximum absolute atomic E-state index is 9.23. The number of aromatic nitrogens is 1. The lowest BCUT2D eigenvalue weighted by molar-refractivity contribution is 0.396. The van der Waals surface area contributed by atoms with Crippen LogP contribution in [0.3, 0.4) is 0 Å². The van der Waals surface area contributed by atoms with Gasteiger partial charge < -0.3 is 4.74 Å². The molecule has 0 spiro atoms. The van der Waals surface area contributed by atoms with Crippen LogP contribution in [0.15, 0.2) is 36.5 Å². The summed E-state index contributed by atoms with van der Waals surface area (Å²) in [6.45, 7) is 0. The van der Waals surface area contributed by atoms with Gasteiger partial charge in [0.25, 0.3) is 0 Å². The highest BCUT2D eigenvalue weighted by Crippen LogP contribution is 2.31. The normalized spacial score (nSPS) is 9.28. The smallest absolute Gasteiger partial charge is 0.232 e. The molecule has 1 aromatic carbocycles. The molecule has 2 aromatic rings. The second-order valence-electron chi connectivity index (χ2n) is 3.52. The lowest BCUT2D eigenvalue weighted by Gasteiger charge is -2.09. The van der Waals surface area contributed by atoms with Crippen molar-refractivity contribution >= 4 is 0 Å². The monoisotopic (exact) mass is 235 g/mol. The highest BCUT2D eigenvalue weighted by molar-refractivity contribution is 5.77. The second kappa shape index (κ2) is 4.99. The van der Waals surface area contributed by atoms with Gasteiger partial charge in [-0.2, -0.15) is 10.5 Å². The van der Waals surface area contributed by atoms with E-state index in [1.807, 2.05) is 36.4 Å². The van der Waals surface area contributed by atoms with Crippen molar-refractivity contribution in [2.24, 2.45) is 0 Å². The minimum atomic E-state index is 0.232. The number of rotatable bonds is 2. The maximum atomic E-state index is 9.23. The van der Waals surface area contributed by atoms with E-state index in [-0.39, 0.29) is 11.4 Å². The van der Waals surface area contributed by atoms with Crippen molar-refractivity contribution in [3.8, 4) is 29.1 Å². The standard InChI is InChI=1S/C14H9N3O/c1-18-14-12(8-16)13(11(7-15)9-17-14)10-5-3-2-4-6-10/h2-6,9H,1H3. The van der Waals surface area contributed by atoms with Crippen LogP contribution in [0, 0.1) is 22.7 Å². The van der Waals surface area contributed by atoms with Gasteiger partial charge in [0.15, 0.2) is 0 Å². The minimum Gasteiger partial charge on any atom is -0.480 e. The molecule has 1 aromatic heterocycles. The fourth-order valence-corrected chi connectivity index (χ4v) is 1.74. The fraction of sp³-hybridized carbons (Fsp3) is 0.0714. The van der Waals surface area contributed by atoms with Crippen molar-refractivity contribution in [2.75, 3.05) is 7.11 Å². The third-order valence-corrected chi connectivity index (χ3v) is 2.53. The molecule has 0 aliphatic rings. The number of methoxy groups -OCH3 is 1. The summed E-state index contributed by atoms with van der Waals surface area (Å²) in [5.41, 5.74) is 2.00. The van der Waals surface area contributed by atoms with Gasteiger partial charge in [-0.3, -0.25) is 0 Å². The molecule has 0 atom stereocenters. The molecule has 4 nitrogen and oxygen atoms in total. The molecule has 0 aliphatic carbocycles. The van der Waals surface area contributed by atoms with Crippen molar-refractivity contribution in [1.82, 2.24) is 4.98 Å². The van der Waals surface area contributed by atoms with Gasteiger partial charge in [0.05, 0.1) is 12.7 Å². The summed E-state index contributed by atoms with van der Waals surface area (Å²) in [6.07, 6.45) is 1.42. The number of ether oxygens (including phenoxy) is 1. The van der Waals surface area contributed by atoms with E-state index in [2.05, 4.69) is 11.1 Å². The maximum Gasteiger partial charge on any atom is 0.232 e. The Kier molecular flexibility index (Phi) is 3.22. The van der Waals surface area contributed by atoms with Gasteiger partial charge in [-0.25, -0.2) is 4.98 Å². The molecule has 2 rings (SSSR count). The Labute approximate surface area is 105 Å². The van der Waals surface area contributed by atoms with E-state index in [0.29, 0.717) is 11.1 Å². The van der Waals surface area contributed by atoms with Crippen LogP contribution >= 0.6 is 0 Å². The van der Waals surface area contributed by atoms with Crippen molar-refractivity contribution in [2.45, 2.75) is 0 Å². The summed E-state index contributed by atoms with van der Waals surface area (Å²) >= 11 is 0. The van der Waals surface area contributed by atoms with Crippen molar-refractivity contribution in [1.29, 1.82) is 10.5 Å². The van der Waals surface area contributed by atoms with Crippen molar-refractivity contribution < 1.29 is 4.74 Å². The number of pyridine rings is 1. The van der Waals surface area contributed by atoms with Gasteiger partial charge in [0, 0.05) is 11.8 Å².